The highest BCUT2D eigenvalue weighted by Crippen LogP contribution is 2.30. The second-order valence-electron chi connectivity index (χ2n) is 6.09. The molecule has 0 aromatic heterocycles. The number of hydrogen-bond acceptors (Lipinski definition) is 4. The standard InChI is InChI=1S/C19H21F3N2O3/c1-24(18(26)17(23)13-5-3-2-4-6-13)11-15(25)12-27-16-9-7-14(8-10-16)19(20,21)22/h2-10,15,17,25H,11-12,23H2,1H3. The summed E-state index contributed by atoms with van der Waals surface area (Å²) in [5.74, 6) is -0.174. The molecule has 0 saturated carbocycles. The number of alkyl halides is 3. The molecule has 2 unspecified atom stereocenters. The van der Waals surface area contributed by atoms with E-state index in [1.807, 2.05) is 6.07 Å². The first kappa shape index (κ1) is 20.7. The first-order chi connectivity index (χ1) is 12.7. The molecule has 2 aromatic carbocycles. The van der Waals surface area contributed by atoms with Crippen LogP contribution >= 0.6 is 0 Å². The molecule has 3 N–H and O–H groups in total. The Morgan fingerprint density at radius 1 is 1.15 bits per heavy atom. The minimum atomic E-state index is -4.42. The van der Waals surface area contributed by atoms with Gasteiger partial charge in [0.25, 0.3) is 0 Å². The van der Waals surface area contributed by atoms with Crippen molar-refractivity contribution in [3.05, 3.63) is 65.7 Å². The van der Waals surface area contributed by atoms with Gasteiger partial charge in [-0.2, -0.15) is 13.2 Å². The van der Waals surface area contributed by atoms with E-state index in [2.05, 4.69) is 0 Å². The highest BCUT2D eigenvalue weighted by atomic mass is 19.4. The topological polar surface area (TPSA) is 75.8 Å². The second-order valence-corrected chi connectivity index (χ2v) is 6.09. The molecule has 1 amide bonds. The minimum Gasteiger partial charge on any atom is -0.491 e. The number of rotatable bonds is 7. The number of benzene rings is 2. The molecular formula is C19H21F3N2O3. The van der Waals surface area contributed by atoms with Crippen molar-refractivity contribution < 1.29 is 27.8 Å². The van der Waals surface area contributed by atoms with Crippen LogP contribution in [0.15, 0.2) is 54.6 Å². The van der Waals surface area contributed by atoms with E-state index in [0.717, 1.165) is 12.1 Å². The number of aliphatic hydroxyl groups is 1. The van der Waals surface area contributed by atoms with Gasteiger partial charge in [-0.3, -0.25) is 4.79 Å². The molecule has 0 heterocycles. The summed E-state index contributed by atoms with van der Waals surface area (Å²) >= 11 is 0. The Bertz CT molecular complexity index is 736. The summed E-state index contributed by atoms with van der Waals surface area (Å²) in [7, 11) is 1.51. The number of carbonyl (C=O) groups is 1. The zero-order chi connectivity index (χ0) is 20.0. The number of hydrogen-bond donors (Lipinski definition) is 2. The molecule has 5 nitrogen and oxygen atoms in total. The normalized spacial score (nSPS) is 13.7. The van der Waals surface area contributed by atoms with E-state index >= 15 is 0 Å². The van der Waals surface area contributed by atoms with Crippen LogP contribution in [0.5, 0.6) is 5.75 Å². The average molecular weight is 382 g/mol. The van der Waals surface area contributed by atoms with E-state index in [-0.39, 0.29) is 24.8 Å². The van der Waals surface area contributed by atoms with E-state index in [0.29, 0.717) is 5.56 Å². The predicted molar refractivity (Wildman–Crippen MR) is 94.0 cm³/mol. The van der Waals surface area contributed by atoms with Crippen molar-refractivity contribution in [3.63, 3.8) is 0 Å². The van der Waals surface area contributed by atoms with E-state index < -0.39 is 23.9 Å². The van der Waals surface area contributed by atoms with Crippen molar-refractivity contribution in [1.82, 2.24) is 4.90 Å². The van der Waals surface area contributed by atoms with Gasteiger partial charge in [0.1, 0.15) is 24.5 Å². The van der Waals surface area contributed by atoms with Gasteiger partial charge in [0, 0.05) is 13.6 Å². The van der Waals surface area contributed by atoms with E-state index in [4.69, 9.17) is 10.5 Å². The zero-order valence-electron chi connectivity index (χ0n) is 14.7. The molecule has 0 aliphatic carbocycles. The van der Waals surface area contributed by atoms with Crippen molar-refractivity contribution >= 4 is 5.91 Å². The van der Waals surface area contributed by atoms with Crippen LogP contribution in [0, 0.1) is 0 Å². The van der Waals surface area contributed by atoms with Gasteiger partial charge in [0.05, 0.1) is 5.56 Å². The molecule has 0 saturated heterocycles. The third kappa shape index (κ3) is 5.97. The summed E-state index contributed by atoms with van der Waals surface area (Å²) in [5.41, 5.74) is 5.81. The molecule has 2 aromatic rings. The number of halogens is 3. The SMILES string of the molecule is CN(CC(O)COc1ccc(C(F)(F)F)cc1)C(=O)C(N)c1ccccc1. The van der Waals surface area contributed by atoms with Crippen molar-refractivity contribution in [2.45, 2.75) is 18.3 Å². The zero-order valence-corrected chi connectivity index (χ0v) is 14.7. The number of likely N-dealkylation sites (N-methyl/N-ethyl adjacent to an activating group) is 1. The summed E-state index contributed by atoms with van der Waals surface area (Å²) < 4.78 is 42.8. The highest BCUT2D eigenvalue weighted by Gasteiger charge is 2.30. The van der Waals surface area contributed by atoms with Crippen LogP contribution in [0.2, 0.25) is 0 Å². The number of nitrogens with two attached hydrogens (primary N) is 1. The Balaban J connectivity index is 1.84. The smallest absolute Gasteiger partial charge is 0.416 e. The summed E-state index contributed by atoms with van der Waals surface area (Å²) in [4.78, 5) is 13.6. The molecule has 0 radical (unpaired) electrons. The molecule has 27 heavy (non-hydrogen) atoms. The Morgan fingerprint density at radius 2 is 1.74 bits per heavy atom. The largest absolute Gasteiger partial charge is 0.491 e. The van der Waals surface area contributed by atoms with Crippen LogP contribution < -0.4 is 10.5 Å². The maximum Gasteiger partial charge on any atom is 0.416 e. The number of amides is 1. The van der Waals surface area contributed by atoms with Gasteiger partial charge in [0.2, 0.25) is 5.91 Å². The Kier molecular flexibility index (Phi) is 6.81. The van der Waals surface area contributed by atoms with Crippen molar-refractivity contribution in [3.8, 4) is 5.75 Å². The first-order valence-electron chi connectivity index (χ1n) is 8.22. The maximum atomic E-state index is 12.5. The Hall–Kier alpha value is -2.58. The lowest BCUT2D eigenvalue weighted by Gasteiger charge is -2.24. The molecule has 0 aliphatic heterocycles. The molecule has 146 valence electrons. The summed E-state index contributed by atoms with van der Waals surface area (Å²) in [6.45, 7) is -0.205. The van der Waals surface area contributed by atoms with Crippen LogP contribution in [-0.2, 0) is 11.0 Å². The Labute approximate surface area is 155 Å². The fraction of sp³-hybridized carbons (Fsp3) is 0.316. The molecular weight excluding hydrogens is 361 g/mol. The molecule has 0 aliphatic rings. The quantitative estimate of drug-likeness (QED) is 0.772. The van der Waals surface area contributed by atoms with Crippen LogP contribution in [-0.4, -0.2) is 42.2 Å². The summed E-state index contributed by atoms with van der Waals surface area (Å²) in [6, 6.07) is 12.1. The fourth-order valence-electron chi connectivity index (χ4n) is 2.43. The molecule has 0 spiro atoms. The van der Waals surface area contributed by atoms with Crippen molar-refractivity contribution in [1.29, 1.82) is 0 Å². The highest BCUT2D eigenvalue weighted by molar-refractivity contribution is 5.82. The molecule has 2 atom stereocenters. The monoisotopic (exact) mass is 382 g/mol. The van der Waals surface area contributed by atoms with Crippen molar-refractivity contribution in [2.75, 3.05) is 20.2 Å². The van der Waals surface area contributed by atoms with E-state index in [1.165, 1.54) is 24.1 Å². The molecule has 0 fully saturated rings. The van der Waals surface area contributed by atoms with Gasteiger partial charge >= 0.3 is 6.18 Å². The van der Waals surface area contributed by atoms with Gasteiger partial charge in [0.15, 0.2) is 0 Å². The summed E-state index contributed by atoms with van der Waals surface area (Å²) in [6.07, 6.45) is -5.44. The van der Waals surface area contributed by atoms with Gasteiger partial charge in [-0.25, -0.2) is 0 Å². The lowest BCUT2D eigenvalue weighted by molar-refractivity contribution is -0.137. The van der Waals surface area contributed by atoms with Crippen molar-refractivity contribution in [2.24, 2.45) is 5.73 Å². The summed E-state index contributed by atoms with van der Waals surface area (Å²) in [5, 5.41) is 10.0. The van der Waals surface area contributed by atoms with Gasteiger partial charge in [-0.15, -0.1) is 0 Å². The van der Waals surface area contributed by atoms with Crippen LogP contribution in [0.4, 0.5) is 13.2 Å². The van der Waals surface area contributed by atoms with Gasteiger partial charge in [-0.05, 0) is 29.8 Å². The second kappa shape index (κ2) is 8.88. The first-order valence-corrected chi connectivity index (χ1v) is 8.22. The van der Waals surface area contributed by atoms with E-state index in [1.54, 1.807) is 24.3 Å². The fourth-order valence-corrected chi connectivity index (χ4v) is 2.43. The van der Waals surface area contributed by atoms with E-state index in [9.17, 15) is 23.1 Å². The predicted octanol–water partition coefficient (Wildman–Crippen LogP) is 2.60. The Morgan fingerprint density at radius 3 is 2.30 bits per heavy atom. The van der Waals surface area contributed by atoms with Crippen LogP contribution in [0.25, 0.3) is 0 Å². The van der Waals surface area contributed by atoms with Crippen LogP contribution in [0.3, 0.4) is 0 Å². The van der Waals surface area contributed by atoms with Crippen LogP contribution in [0.1, 0.15) is 17.2 Å². The lowest BCUT2D eigenvalue weighted by atomic mass is 10.1. The lowest BCUT2D eigenvalue weighted by Crippen LogP contribution is -2.41. The van der Waals surface area contributed by atoms with Gasteiger partial charge < -0.3 is 20.5 Å². The number of ether oxygens (including phenoxy) is 1. The van der Waals surface area contributed by atoms with Gasteiger partial charge in [-0.1, -0.05) is 30.3 Å². The molecule has 8 heteroatoms. The number of aliphatic hydroxyl groups excluding tert-OH is 1. The maximum absolute atomic E-state index is 12.5. The third-order valence-electron chi connectivity index (χ3n) is 3.91. The molecule has 2 rings (SSSR count). The minimum absolute atomic E-state index is 0.0278. The number of carbonyl (C=O) groups excluding carboxylic acids is 1. The number of nitrogens with zero attached hydrogens (tertiary/aromatic N) is 1. The third-order valence-corrected chi connectivity index (χ3v) is 3.91. The molecule has 0 bridgehead atoms. The average Bonchev–Trinajstić information content (AvgIpc) is 2.65.